The van der Waals surface area contributed by atoms with Gasteiger partial charge in [-0.25, -0.2) is 9.37 Å². The van der Waals surface area contributed by atoms with Gasteiger partial charge in [0.05, 0.1) is 16.1 Å². The summed E-state index contributed by atoms with van der Waals surface area (Å²) in [6.45, 7) is 6.20. The Kier molecular flexibility index (Phi) is 3.56. The van der Waals surface area contributed by atoms with Crippen molar-refractivity contribution in [3.8, 4) is 0 Å². The highest BCUT2D eigenvalue weighted by molar-refractivity contribution is 6.31. The molecule has 0 bridgehead atoms. The molecule has 1 atom stereocenters. The Hall–Kier alpha value is -1.33. The number of nitrogens with zero attached hydrogens (tertiary/aromatic N) is 3. The zero-order chi connectivity index (χ0) is 14.3. The third kappa shape index (κ3) is 2.36. The second-order valence-corrected chi connectivity index (χ2v) is 5.79. The second kappa shape index (κ2) is 5.22. The van der Waals surface area contributed by atoms with E-state index >= 15 is 0 Å². The van der Waals surface area contributed by atoms with Crippen LogP contribution in [0, 0.1) is 11.7 Å². The lowest BCUT2D eigenvalue weighted by Gasteiger charge is -2.14. The predicted octanol–water partition coefficient (Wildman–Crippen LogP) is 2.75. The van der Waals surface area contributed by atoms with E-state index in [1.54, 1.807) is 0 Å². The summed E-state index contributed by atoms with van der Waals surface area (Å²) in [4.78, 5) is 6.69. The van der Waals surface area contributed by atoms with Crippen LogP contribution in [0.3, 0.4) is 0 Å². The molecule has 1 aromatic carbocycles. The molecule has 0 radical (unpaired) electrons. The Morgan fingerprint density at radius 1 is 1.50 bits per heavy atom. The lowest BCUT2D eigenvalue weighted by molar-refractivity contribution is 0.334. The van der Waals surface area contributed by atoms with Crippen molar-refractivity contribution in [3.63, 3.8) is 0 Å². The zero-order valence-electron chi connectivity index (χ0n) is 11.4. The minimum absolute atomic E-state index is 0.0835. The summed E-state index contributed by atoms with van der Waals surface area (Å²) < 4.78 is 15.5. The van der Waals surface area contributed by atoms with E-state index in [0.717, 1.165) is 38.1 Å². The van der Waals surface area contributed by atoms with E-state index in [-0.39, 0.29) is 5.02 Å². The fraction of sp³-hybridized carbons (Fsp3) is 0.500. The lowest BCUT2D eigenvalue weighted by Crippen LogP contribution is -2.21. The average molecular weight is 297 g/mol. The normalized spacial score (nSPS) is 20.1. The van der Waals surface area contributed by atoms with Gasteiger partial charge in [-0.05, 0) is 31.5 Å². The highest BCUT2D eigenvalue weighted by Gasteiger charge is 2.23. The molecule has 1 unspecified atom stereocenters. The quantitative estimate of drug-likeness (QED) is 0.947. The van der Waals surface area contributed by atoms with E-state index in [9.17, 15) is 4.39 Å². The van der Waals surface area contributed by atoms with Crippen LogP contribution in [0.1, 0.15) is 13.3 Å². The van der Waals surface area contributed by atoms with Crippen LogP contribution in [-0.2, 0) is 6.54 Å². The van der Waals surface area contributed by atoms with Gasteiger partial charge in [0.1, 0.15) is 5.82 Å². The van der Waals surface area contributed by atoms with Gasteiger partial charge in [-0.3, -0.25) is 0 Å². The van der Waals surface area contributed by atoms with Crippen molar-refractivity contribution in [2.75, 3.05) is 25.4 Å². The number of halogens is 2. The molecule has 3 rings (SSSR count). The van der Waals surface area contributed by atoms with Crippen molar-refractivity contribution < 1.29 is 4.39 Å². The Balaban J connectivity index is 1.91. The number of rotatable bonds is 3. The van der Waals surface area contributed by atoms with Crippen LogP contribution < -0.4 is 5.73 Å². The summed E-state index contributed by atoms with van der Waals surface area (Å²) in [6, 6.07) is 2.96. The molecule has 2 heterocycles. The molecule has 4 nitrogen and oxygen atoms in total. The average Bonchev–Trinajstić information content (AvgIpc) is 2.98. The monoisotopic (exact) mass is 296 g/mol. The zero-order valence-corrected chi connectivity index (χ0v) is 12.2. The molecule has 6 heteroatoms. The van der Waals surface area contributed by atoms with E-state index in [1.807, 2.05) is 4.57 Å². The van der Waals surface area contributed by atoms with Crippen molar-refractivity contribution >= 4 is 28.6 Å². The number of hydrogen-bond acceptors (Lipinski definition) is 3. The van der Waals surface area contributed by atoms with Gasteiger partial charge in [0, 0.05) is 19.2 Å². The van der Waals surface area contributed by atoms with Crippen LogP contribution in [0.15, 0.2) is 12.1 Å². The first kappa shape index (κ1) is 13.6. The first-order valence-corrected chi connectivity index (χ1v) is 7.29. The molecule has 0 saturated carbocycles. The summed E-state index contributed by atoms with van der Waals surface area (Å²) in [5.41, 5.74) is 7.35. The van der Waals surface area contributed by atoms with E-state index < -0.39 is 5.82 Å². The molecule has 1 saturated heterocycles. The van der Waals surface area contributed by atoms with Crippen LogP contribution in [0.4, 0.5) is 10.3 Å². The predicted molar refractivity (Wildman–Crippen MR) is 79.3 cm³/mol. The molecule has 20 heavy (non-hydrogen) atoms. The van der Waals surface area contributed by atoms with E-state index in [0.29, 0.717) is 17.4 Å². The molecular formula is C14H18ClFN4. The van der Waals surface area contributed by atoms with Crippen LogP contribution in [0.2, 0.25) is 5.02 Å². The number of nitrogen functional groups attached to an aromatic ring is 1. The molecule has 108 valence electrons. The van der Waals surface area contributed by atoms with Crippen LogP contribution in [0.25, 0.3) is 11.0 Å². The lowest BCUT2D eigenvalue weighted by atomic mass is 10.1. The fourth-order valence-electron chi connectivity index (χ4n) is 2.94. The number of fused-ring (bicyclic) bond motifs is 1. The third-order valence-electron chi connectivity index (χ3n) is 4.08. The number of aromatic nitrogens is 2. The van der Waals surface area contributed by atoms with Gasteiger partial charge >= 0.3 is 0 Å². The minimum Gasteiger partial charge on any atom is -0.369 e. The summed E-state index contributed by atoms with van der Waals surface area (Å²) >= 11 is 5.79. The van der Waals surface area contributed by atoms with Gasteiger partial charge in [-0.1, -0.05) is 18.5 Å². The van der Waals surface area contributed by atoms with Crippen molar-refractivity contribution in [2.45, 2.75) is 19.9 Å². The maximum Gasteiger partial charge on any atom is 0.201 e. The SMILES string of the molecule is CCN1CCC(Cn2c(N)nc3cc(Cl)c(F)cc32)C1. The maximum absolute atomic E-state index is 13.6. The number of hydrogen-bond donors (Lipinski definition) is 1. The van der Waals surface area contributed by atoms with Crippen molar-refractivity contribution in [3.05, 3.63) is 23.0 Å². The Morgan fingerprint density at radius 2 is 2.30 bits per heavy atom. The Morgan fingerprint density at radius 3 is 3.00 bits per heavy atom. The van der Waals surface area contributed by atoms with Crippen LogP contribution >= 0.6 is 11.6 Å². The number of likely N-dealkylation sites (tertiary alicyclic amines) is 1. The van der Waals surface area contributed by atoms with Gasteiger partial charge in [0.25, 0.3) is 0 Å². The number of nitrogens with two attached hydrogens (primary N) is 1. The highest BCUT2D eigenvalue weighted by atomic mass is 35.5. The molecule has 2 N–H and O–H groups in total. The highest BCUT2D eigenvalue weighted by Crippen LogP contribution is 2.27. The molecule has 0 spiro atoms. The first-order valence-electron chi connectivity index (χ1n) is 6.91. The summed E-state index contributed by atoms with van der Waals surface area (Å²) in [6.07, 6.45) is 1.14. The summed E-state index contributed by atoms with van der Waals surface area (Å²) in [7, 11) is 0. The molecule has 1 aliphatic rings. The van der Waals surface area contributed by atoms with Gasteiger partial charge in [-0.15, -0.1) is 0 Å². The molecule has 1 aromatic heterocycles. The smallest absolute Gasteiger partial charge is 0.201 e. The van der Waals surface area contributed by atoms with Gasteiger partial charge < -0.3 is 15.2 Å². The fourth-order valence-corrected chi connectivity index (χ4v) is 3.10. The van der Waals surface area contributed by atoms with Crippen molar-refractivity contribution in [1.29, 1.82) is 0 Å². The Labute approximate surface area is 122 Å². The molecule has 0 amide bonds. The first-order chi connectivity index (χ1) is 9.58. The summed E-state index contributed by atoms with van der Waals surface area (Å²) in [5, 5.41) is 0.0835. The standard InChI is InChI=1S/C14H18ClFN4/c1-2-19-4-3-9(7-19)8-20-13-6-11(16)10(15)5-12(13)18-14(20)17/h5-6,9H,2-4,7-8H2,1H3,(H2,17,18). The van der Waals surface area contributed by atoms with Gasteiger partial charge in [0.2, 0.25) is 5.95 Å². The summed E-state index contributed by atoms with van der Waals surface area (Å²) in [5.74, 6) is 0.534. The molecule has 2 aromatic rings. The number of imidazole rings is 1. The third-order valence-corrected chi connectivity index (χ3v) is 4.37. The largest absolute Gasteiger partial charge is 0.369 e. The number of benzene rings is 1. The van der Waals surface area contributed by atoms with Crippen molar-refractivity contribution in [2.24, 2.45) is 5.92 Å². The van der Waals surface area contributed by atoms with E-state index in [1.165, 1.54) is 12.1 Å². The second-order valence-electron chi connectivity index (χ2n) is 5.38. The minimum atomic E-state index is -0.429. The van der Waals surface area contributed by atoms with E-state index in [2.05, 4.69) is 16.8 Å². The molecular weight excluding hydrogens is 279 g/mol. The number of anilines is 1. The van der Waals surface area contributed by atoms with E-state index in [4.69, 9.17) is 17.3 Å². The van der Waals surface area contributed by atoms with Gasteiger partial charge in [-0.2, -0.15) is 0 Å². The molecule has 1 aliphatic heterocycles. The van der Waals surface area contributed by atoms with Gasteiger partial charge in [0.15, 0.2) is 0 Å². The molecule has 0 aliphatic carbocycles. The van der Waals surface area contributed by atoms with Crippen LogP contribution in [-0.4, -0.2) is 34.1 Å². The topological polar surface area (TPSA) is 47.1 Å². The molecule has 1 fully saturated rings. The van der Waals surface area contributed by atoms with Crippen molar-refractivity contribution in [1.82, 2.24) is 14.5 Å². The Bertz CT molecular complexity index is 640. The maximum atomic E-state index is 13.6. The van der Waals surface area contributed by atoms with Crippen LogP contribution in [0.5, 0.6) is 0 Å².